The molecule has 0 fully saturated rings. The third-order valence-corrected chi connectivity index (χ3v) is 7.77. The number of anilines is 1. The van der Waals surface area contributed by atoms with Gasteiger partial charge >= 0.3 is 5.97 Å². The van der Waals surface area contributed by atoms with Crippen LogP contribution in [0.2, 0.25) is 5.02 Å². The van der Waals surface area contributed by atoms with E-state index < -0.39 is 0 Å². The van der Waals surface area contributed by atoms with E-state index in [9.17, 15) is 9.59 Å². The van der Waals surface area contributed by atoms with Gasteiger partial charge in [0.1, 0.15) is 5.02 Å². The summed E-state index contributed by atoms with van der Waals surface area (Å²) >= 11 is 6.54. The zero-order valence-electron chi connectivity index (χ0n) is 25.5. The van der Waals surface area contributed by atoms with Gasteiger partial charge in [-0.05, 0) is 37.1 Å². The first kappa shape index (κ1) is 32.6. The second-order valence-electron chi connectivity index (χ2n) is 12.1. The molecule has 1 aromatic carbocycles. The number of aromatic nitrogens is 4. The monoisotopic (exact) mass is 585 g/mol. The number of carbonyl (C=O) groups excluding carboxylic acids is 2. The normalized spacial score (nSPS) is 12.5. The third-order valence-electron chi connectivity index (χ3n) is 7.41. The smallest absolute Gasteiger partial charge is 0.309 e. The molecular weight excluding hydrogens is 538 g/mol. The molecule has 41 heavy (non-hydrogen) atoms. The van der Waals surface area contributed by atoms with Crippen molar-refractivity contribution in [3.05, 3.63) is 35.0 Å². The van der Waals surface area contributed by atoms with E-state index in [1.807, 2.05) is 12.1 Å². The highest BCUT2D eigenvalue weighted by Crippen LogP contribution is 2.32. The average Bonchev–Trinajstić information content (AvgIpc) is 3.50. The fraction of sp³-hybridized carbons (Fsp3) is 0.625. The van der Waals surface area contributed by atoms with Crippen LogP contribution in [0.5, 0.6) is 0 Å². The van der Waals surface area contributed by atoms with Crippen LogP contribution in [0.3, 0.4) is 0 Å². The van der Waals surface area contributed by atoms with Crippen molar-refractivity contribution in [3.8, 4) is 11.4 Å². The second kappa shape index (κ2) is 15.9. The van der Waals surface area contributed by atoms with Gasteiger partial charge in [0.2, 0.25) is 0 Å². The third kappa shape index (κ3) is 9.87. The van der Waals surface area contributed by atoms with Gasteiger partial charge in [-0.15, -0.1) is 5.10 Å². The van der Waals surface area contributed by atoms with E-state index in [0.29, 0.717) is 22.2 Å². The molecule has 0 aliphatic rings. The Morgan fingerprint density at radius 2 is 1.54 bits per heavy atom. The maximum absolute atomic E-state index is 12.9. The van der Waals surface area contributed by atoms with Crippen molar-refractivity contribution in [2.24, 2.45) is 5.92 Å². The van der Waals surface area contributed by atoms with Crippen LogP contribution in [-0.2, 0) is 19.7 Å². The standard InChI is InChI=1S/C32H48ClN5O3/c1-6-8-10-12-13-15-17-24(16-14-11-9-7-2)31(40)41-22-26(39)34-25-20-18-23(19-21-25)29-35-30-27(33)28(32(3,4)5)36-38(30)37-29/h18-21,24,36H,6-17,22H2,1-5H3,(H,34,39). The first-order valence-electron chi connectivity index (χ1n) is 15.4. The number of amides is 1. The molecule has 1 unspecified atom stereocenters. The van der Waals surface area contributed by atoms with Crippen LogP contribution >= 0.6 is 11.6 Å². The summed E-state index contributed by atoms with van der Waals surface area (Å²) in [6, 6.07) is 7.23. The highest BCUT2D eigenvalue weighted by molar-refractivity contribution is 6.34. The van der Waals surface area contributed by atoms with Gasteiger partial charge in [0, 0.05) is 16.7 Å². The van der Waals surface area contributed by atoms with Gasteiger partial charge < -0.3 is 10.1 Å². The Bertz CT molecular complexity index is 1240. The van der Waals surface area contributed by atoms with Crippen LogP contribution in [0.15, 0.2) is 24.3 Å². The van der Waals surface area contributed by atoms with E-state index in [4.69, 9.17) is 16.3 Å². The summed E-state index contributed by atoms with van der Waals surface area (Å²) in [6.45, 7) is 10.3. The molecule has 2 aromatic heterocycles. The number of carbonyl (C=O) groups is 2. The Labute approximate surface area is 250 Å². The topological polar surface area (TPSA) is 101 Å². The minimum Gasteiger partial charge on any atom is -0.455 e. The number of hydrogen-bond acceptors (Lipinski definition) is 5. The summed E-state index contributed by atoms with van der Waals surface area (Å²) in [5.74, 6) is -0.215. The molecule has 3 rings (SSSR count). The minimum absolute atomic E-state index is 0.133. The van der Waals surface area contributed by atoms with Gasteiger partial charge in [-0.3, -0.25) is 14.7 Å². The van der Waals surface area contributed by atoms with Gasteiger partial charge in [-0.25, -0.2) is 4.98 Å². The van der Waals surface area contributed by atoms with Crippen LogP contribution in [0, 0.1) is 5.92 Å². The molecule has 0 radical (unpaired) electrons. The number of nitrogens with zero attached hydrogens (tertiary/aromatic N) is 3. The van der Waals surface area contributed by atoms with Gasteiger partial charge in [0.25, 0.3) is 5.91 Å². The predicted octanol–water partition coefficient (Wildman–Crippen LogP) is 8.49. The van der Waals surface area contributed by atoms with Crippen LogP contribution < -0.4 is 5.32 Å². The number of unbranched alkanes of at least 4 members (excludes halogenated alkanes) is 8. The van der Waals surface area contributed by atoms with Crippen molar-refractivity contribution in [1.82, 2.24) is 19.8 Å². The summed E-state index contributed by atoms with van der Waals surface area (Å²) in [5.41, 5.74) is 2.70. The van der Waals surface area contributed by atoms with Crippen molar-refractivity contribution in [2.75, 3.05) is 11.9 Å². The SMILES string of the molecule is CCCCCCCCC(CCCCCC)C(=O)OCC(=O)Nc1ccc(-c2nc3c(Cl)c(C(C)(C)C)[nH]n3n2)cc1. The number of nitrogens with one attached hydrogen (secondary N) is 2. The van der Waals surface area contributed by atoms with Crippen LogP contribution in [0.1, 0.15) is 117 Å². The highest BCUT2D eigenvalue weighted by atomic mass is 35.5. The molecule has 0 bridgehead atoms. The minimum atomic E-state index is -0.356. The Morgan fingerprint density at radius 1 is 0.951 bits per heavy atom. The molecule has 0 spiro atoms. The van der Waals surface area contributed by atoms with Crippen molar-refractivity contribution in [2.45, 2.75) is 117 Å². The van der Waals surface area contributed by atoms with E-state index in [2.05, 4.69) is 55.1 Å². The Kier molecular flexibility index (Phi) is 12.7. The van der Waals surface area contributed by atoms with Crippen LogP contribution in [0.25, 0.3) is 17.0 Å². The molecule has 0 aliphatic carbocycles. The van der Waals surface area contributed by atoms with E-state index in [0.717, 1.165) is 56.2 Å². The van der Waals surface area contributed by atoms with Crippen LogP contribution in [0.4, 0.5) is 5.69 Å². The highest BCUT2D eigenvalue weighted by Gasteiger charge is 2.24. The lowest BCUT2D eigenvalue weighted by Gasteiger charge is -2.16. The largest absolute Gasteiger partial charge is 0.455 e. The molecule has 0 saturated heterocycles. The lowest BCUT2D eigenvalue weighted by atomic mass is 9.92. The number of esters is 1. The van der Waals surface area contributed by atoms with E-state index in [1.165, 1.54) is 32.1 Å². The van der Waals surface area contributed by atoms with Gasteiger partial charge in [-0.1, -0.05) is 110 Å². The van der Waals surface area contributed by atoms with Crippen molar-refractivity contribution in [3.63, 3.8) is 0 Å². The molecule has 0 saturated carbocycles. The van der Waals surface area contributed by atoms with Gasteiger partial charge in [0.15, 0.2) is 18.1 Å². The lowest BCUT2D eigenvalue weighted by molar-refractivity contribution is -0.152. The average molecular weight is 586 g/mol. The Balaban J connectivity index is 1.50. The van der Waals surface area contributed by atoms with Crippen molar-refractivity contribution in [1.29, 1.82) is 0 Å². The van der Waals surface area contributed by atoms with Crippen molar-refractivity contribution < 1.29 is 14.3 Å². The number of H-pyrrole nitrogens is 1. The fourth-order valence-electron chi connectivity index (χ4n) is 4.94. The maximum atomic E-state index is 12.9. The van der Waals surface area contributed by atoms with E-state index >= 15 is 0 Å². The number of aromatic amines is 1. The number of hydrogen-bond donors (Lipinski definition) is 2. The molecule has 2 N–H and O–H groups in total. The molecule has 226 valence electrons. The summed E-state index contributed by atoms with van der Waals surface area (Å²) in [6.07, 6.45) is 13.3. The molecular formula is C32H48ClN5O3. The number of rotatable bonds is 17. The summed E-state index contributed by atoms with van der Waals surface area (Å²) in [5, 5.41) is 11.1. The Hall–Kier alpha value is -2.87. The number of halogens is 1. The zero-order valence-corrected chi connectivity index (χ0v) is 26.3. The fourth-order valence-corrected chi connectivity index (χ4v) is 5.39. The van der Waals surface area contributed by atoms with E-state index in [-0.39, 0.29) is 29.8 Å². The molecule has 2 heterocycles. The van der Waals surface area contributed by atoms with Gasteiger partial charge in [-0.2, -0.15) is 4.63 Å². The number of ether oxygens (including phenoxy) is 1. The van der Waals surface area contributed by atoms with Crippen LogP contribution in [-0.4, -0.2) is 38.3 Å². The van der Waals surface area contributed by atoms with E-state index in [1.54, 1.807) is 16.8 Å². The van der Waals surface area contributed by atoms with Gasteiger partial charge in [0.05, 0.1) is 11.6 Å². The molecule has 1 atom stereocenters. The summed E-state index contributed by atoms with van der Waals surface area (Å²) in [4.78, 5) is 30.0. The molecule has 3 aromatic rings. The lowest BCUT2D eigenvalue weighted by Crippen LogP contribution is -2.25. The number of fused-ring (bicyclic) bond motifs is 1. The zero-order chi connectivity index (χ0) is 29.8. The molecule has 1 amide bonds. The first-order chi connectivity index (χ1) is 19.6. The molecule has 0 aliphatic heterocycles. The molecule has 8 nitrogen and oxygen atoms in total. The quantitative estimate of drug-likeness (QED) is 0.122. The summed E-state index contributed by atoms with van der Waals surface area (Å²) in [7, 11) is 0. The summed E-state index contributed by atoms with van der Waals surface area (Å²) < 4.78 is 7.05. The predicted molar refractivity (Wildman–Crippen MR) is 166 cm³/mol. The number of benzene rings is 1. The first-order valence-corrected chi connectivity index (χ1v) is 15.7. The van der Waals surface area contributed by atoms with Crippen molar-refractivity contribution >= 4 is 34.8 Å². The Morgan fingerprint density at radius 3 is 2.12 bits per heavy atom. The molecule has 9 heteroatoms. The second-order valence-corrected chi connectivity index (χ2v) is 12.4. The maximum Gasteiger partial charge on any atom is 0.309 e.